The molecule has 3 amide bonds. The molecule has 8 nitrogen and oxygen atoms in total. The van der Waals surface area contributed by atoms with E-state index in [0.717, 1.165) is 5.56 Å². The maximum Gasteiger partial charge on any atom is 0.338 e. The summed E-state index contributed by atoms with van der Waals surface area (Å²) in [5.41, 5.74) is 3.18. The van der Waals surface area contributed by atoms with Crippen LogP contribution in [-0.2, 0) is 9.53 Å². The van der Waals surface area contributed by atoms with Crippen molar-refractivity contribution in [3.63, 3.8) is 0 Å². The fraction of sp³-hybridized carbons (Fsp3) is 0.393. The Labute approximate surface area is 233 Å². The highest BCUT2D eigenvalue weighted by atomic mass is 35.5. The van der Waals surface area contributed by atoms with Crippen molar-refractivity contribution in [1.29, 1.82) is 0 Å². The second-order valence-corrected chi connectivity index (χ2v) is 10.5. The summed E-state index contributed by atoms with van der Waals surface area (Å²) in [6.45, 7) is 7.94. The van der Waals surface area contributed by atoms with Crippen molar-refractivity contribution in [3.05, 3.63) is 80.5 Å². The number of likely N-dealkylation sites (N-methyl/N-ethyl adjacent to an activating group) is 1. The summed E-state index contributed by atoms with van der Waals surface area (Å²) in [6.07, 6.45) is 0. The first kappa shape index (κ1) is 28.0. The smallest absolute Gasteiger partial charge is 0.338 e. The number of amides is 3. The Balaban J connectivity index is 1.61. The molecule has 0 saturated carbocycles. The first-order chi connectivity index (χ1) is 18.1. The molecular weight excluding hydrogens is 527 g/mol. The predicted molar refractivity (Wildman–Crippen MR) is 147 cm³/mol. The molecule has 10 heteroatoms. The molecule has 2 heterocycles. The van der Waals surface area contributed by atoms with Crippen LogP contribution in [0.1, 0.15) is 41.4 Å². The van der Waals surface area contributed by atoms with Crippen molar-refractivity contribution in [2.75, 3.05) is 39.8 Å². The normalized spacial score (nSPS) is 20.4. The number of benzene rings is 2. The Bertz CT molecular complexity index is 1260. The molecular formula is C28H32Cl2N4O4. The second-order valence-electron chi connectivity index (χ2n) is 9.64. The van der Waals surface area contributed by atoms with E-state index >= 15 is 0 Å². The highest BCUT2D eigenvalue weighted by molar-refractivity contribution is 6.35. The van der Waals surface area contributed by atoms with Crippen LogP contribution in [-0.4, -0.2) is 78.5 Å². The number of carbonyl (C=O) groups is 3. The number of piperazine rings is 1. The SMILES string of the molecule is CCOC(=O)C1=C(CN2CCN(C(=O)c3ccc(C)cc3)C(C)C2)N(C)C(=O)NC1c1ccc(Cl)cc1Cl. The van der Waals surface area contributed by atoms with Crippen LogP contribution in [0.15, 0.2) is 53.7 Å². The highest BCUT2D eigenvalue weighted by Gasteiger charge is 2.39. The monoisotopic (exact) mass is 558 g/mol. The average Bonchev–Trinajstić information content (AvgIpc) is 2.87. The van der Waals surface area contributed by atoms with Gasteiger partial charge in [-0.1, -0.05) is 47.0 Å². The number of urea groups is 1. The molecule has 0 radical (unpaired) electrons. The number of rotatable bonds is 6. The largest absolute Gasteiger partial charge is 0.463 e. The Morgan fingerprint density at radius 3 is 2.45 bits per heavy atom. The fourth-order valence-corrected chi connectivity index (χ4v) is 5.44. The molecule has 0 bridgehead atoms. The molecule has 1 saturated heterocycles. The van der Waals surface area contributed by atoms with Crippen LogP contribution in [0.4, 0.5) is 4.79 Å². The van der Waals surface area contributed by atoms with Gasteiger partial charge in [0.15, 0.2) is 0 Å². The molecule has 0 aromatic heterocycles. The van der Waals surface area contributed by atoms with Crippen molar-refractivity contribution in [3.8, 4) is 0 Å². The lowest BCUT2D eigenvalue weighted by molar-refractivity contribution is -0.139. The minimum Gasteiger partial charge on any atom is -0.463 e. The molecule has 2 atom stereocenters. The van der Waals surface area contributed by atoms with E-state index in [9.17, 15) is 14.4 Å². The standard InChI is InChI=1S/C28H32Cl2N4O4/c1-5-38-27(36)24-23(32(4)28(37)31-25(24)21-11-10-20(29)14-22(21)30)16-33-12-13-34(18(3)15-33)26(35)19-8-6-17(2)7-9-19/h6-11,14,18,25H,5,12-13,15-16H2,1-4H3,(H,31,37). The van der Waals surface area contributed by atoms with Crippen LogP contribution < -0.4 is 5.32 Å². The lowest BCUT2D eigenvalue weighted by atomic mass is 9.94. The van der Waals surface area contributed by atoms with E-state index in [4.69, 9.17) is 27.9 Å². The topological polar surface area (TPSA) is 82.2 Å². The van der Waals surface area contributed by atoms with E-state index in [1.165, 1.54) is 4.90 Å². The quantitative estimate of drug-likeness (QED) is 0.521. The lowest BCUT2D eigenvalue weighted by Gasteiger charge is -2.42. The molecule has 4 rings (SSSR count). The van der Waals surface area contributed by atoms with Gasteiger partial charge in [-0.25, -0.2) is 9.59 Å². The number of halogens is 2. The molecule has 2 aliphatic rings. The molecule has 38 heavy (non-hydrogen) atoms. The number of hydrogen-bond donors (Lipinski definition) is 1. The van der Waals surface area contributed by atoms with Gasteiger partial charge in [0.1, 0.15) is 0 Å². The summed E-state index contributed by atoms with van der Waals surface area (Å²) in [7, 11) is 1.63. The van der Waals surface area contributed by atoms with Gasteiger partial charge in [0.05, 0.1) is 18.2 Å². The summed E-state index contributed by atoms with van der Waals surface area (Å²) in [4.78, 5) is 44.9. The van der Waals surface area contributed by atoms with Crippen molar-refractivity contribution in [2.24, 2.45) is 0 Å². The molecule has 2 unspecified atom stereocenters. The third kappa shape index (κ3) is 5.82. The second kappa shape index (κ2) is 11.8. The van der Waals surface area contributed by atoms with Crippen molar-refractivity contribution in [2.45, 2.75) is 32.9 Å². The van der Waals surface area contributed by atoms with E-state index in [1.54, 1.807) is 32.2 Å². The number of aryl methyl sites for hydroxylation is 1. The Morgan fingerprint density at radius 1 is 1.11 bits per heavy atom. The fourth-order valence-electron chi connectivity index (χ4n) is 4.92. The van der Waals surface area contributed by atoms with Crippen LogP contribution >= 0.6 is 23.2 Å². The zero-order valence-electron chi connectivity index (χ0n) is 22.0. The maximum atomic E-state index is 13.3. The van der Waals surface area contributed by atoms with Gasteiger partial charge in [-0.2, -0.15) is 0 Å². The number of ether oxygens (including phenoxy) is 1. The Hall–Kier alpha value is -3.07. The zero-order chi connectivity index (χ0) is 27.6. The Kier molecular flexibility index (Phi) is 8.65. The molecule has 1 fully saturated rings. The van der Waals surface area contributed by atoms with Gasteiger partial charge in [0.2, 0.25) is 0 Å². The summed E-state index contributed by atoms with van der Waals surface area (Å²) < 4.78 is 5.41. The summed E-state index contributed by atoms with van der Waals surface area (Å²) >= 11 is 12.6. The Morgan fingerprint density at radius 2 is 1.82 bits per heavy atom. The minimum absolute atomic E-state index is 0.00446. The number of carbonyl (C=O) groups excluding carboxylic acids is 3. The van der Waals surface area contributed by atoms with Crippen molar-refractivity contribution >= 4 is 41.1 Å². The van der Waals surface area contributed by atoms with Crippen molar-refractivity contribution in [1.82, 2.24) is 20.0 Å². The van der Waals surface area contributed by atoms with Crippen molar-refractivity contribution < 1.29 is 19.1 Å². The third-order valence-electron chi connectivity index (χ3n) is 6.99. The molecule has 1 N–H and O–H groups in total. The van der Waals surface area contributed by atoms with E-state index in [2.05, 4.69) is 10.2 Å². The van der Waals surface area contributed by atoms with Crippen LogP contribution in [0, 0.1) is 6.92 Å². The molecule has 2 aromatic carbocycles. The molecule has 0 spiro atoms. The molecule has 202 valence electrons. The van der Waals surface area contributed by atoms with Gasteiger partial charge >= 0.3 is 12.0 Å². The average molecular weight is 559 g/mol. The first-order valence-electron chi connectivity index (χ1n) is 12.6. The van der Waals surface area contributed by atoms with Gasteiger partial charge < -0.3 is 15.0 Å². The lowest BCUT2D eigenvalue weighted by Crippen LogP contribution is -2.56. The van der Waals surface area contributed by atoms with E-state index in [1.807, 2.05) is 43.0 Å². The number of esters is 1. The zero-order valence-corrected chi connectivity index (χ0v) is 23.5. The highest BCUT2D eigenvalue weighted by Crippen LogP contribution is 2.36. The van der Waals surface area contributed by atoms with E-state index in [-0.39, 0.29) is 24.6 Å². The summed E-state index contributed by atoms with van der Waals surface area (Å²) in [5.74, 6) is -0.526. The number of nitrogens with zero attached hydrogens (tertiary/aromatic N) is 3. The van der Waals surface area contributed by atoms with Crippen LogP contribution in [0.5, 0.6) is 0 Å². The molecule has 2 aliphatic heterocycles. The summed E-state index contributed by atoms with van der Waals surface area (Å²) in [6, 6.07) is 11.3. The predicted octanol–water partition coefficient (Wildman–Crippen LogP) is 4.66. The van der Waals surface area contributed by atoms with E-state index in [0.29, 0.717) is 58.6 Å². The van der Waals surface area contributed by atoms with Crippen LogP contribution in [0.25, 0.3) is 0 Å². The number of nitrogens with one attached hydrogen (secondary N) is 1. The molecule has 0 aliphatic carbocycles. The third-order valence-corrected chi connectivity index (χ3v) is 7.55. The van der Waals surface area contributed by atoms with Gasteiger partial charge in [-0.05, 0) is 50.6 Å². The number of hydrogen-bond acceptors (Lipinski definition) is 5. The van der Waals surface area contributed by atoms with Crippen LogP contribution in [0.2, 0.25) is 10.0 Å². The first-order valence-corrected chi connectivity index (χ1v) is 13.4. The van der Waals surface area contributed by atoms with Gasteiger partial charge in [0.25, 0.3) is 5.91 Å². The summed E-state index contributed by atoms with van der Waals surface area (Å²) in [5, 5.41) is 3.67. The maximum absolute atomic E-state index is 13.3. The van der Waals surface area contributed by atoms with Gasteiger partial charge in [-0.15, -0.1) is 0 Å². The van der Waals surface area contributed by atoms with Gasteiger partial charge in [-0.3, -0.25) is 14.6 Å². The van der Waals surface area contributed by atoms with Gasteiger partial charge in [0, 0.05) is 60.6 Å². The molecule has 2 aromatic rings. The van der Waals surface area contributed by atoms with E-state index < -0.39 is 12.0 Å². The van der Waals surface area contributed by atoms with Crippen LogP contribution in [0.3, 0.4) is 0 Å². The minimum atomic E-state index is -0.792.